The third kappa shape index (κ3) is 4.93. The smallest absolute Gasteiger partial charge is 0.289 e. The van der Waals surface area contributed by atoms with Crippen molar-refractivity contribution in [1.29, 1.82) is 0 Å². The summed E-state index contributed by atoms with van der Waals surface area (Å²) in [5.74, 6) is 1.46. The molecule has 3 amide bonds. The van der Waals surface area contributed by atoms with E-state index in [2.05, 4.69) is 18.8 Å². The van der Waals surface area contributed by atoms with Crippen molar-refractivity contribution >= 4 is 17.7 Å². The Hall–Kier alpha value is -2.38. The molecule has 4 rings (SSSR count). The molecule has 1 aromatic heterocycles. The molecule has 0 atom stereocenters. The molecule has 170 valence electrons. The van der Waals surface area contributed by atoms with E-state index >= 15 is 0 Å². The van der Waals surface area contributed by atoms with Gasteiger partial charge < -0.3 is 19.3 Å². The van der Waals surface area contributed by atoms with E-state index in [1.807, 2.05) is 19.3 Å². The van der Waals surface area contributed by atoms with Crippen molar-refractivity contribution in [1.82, 2.24) is 24.3 Å². The lowest BCUT2D eigenvalue weighted by Crippen LogP contribution is -2.49. The molecule has 31 heavy (non-hydrogen) atoms. The molecule has 1 aromatic rings. The van der Waals surface area contributed by atoms with Crippen LogP contribution in [0.15, 0.2) is 6.20 Å². The lowest BCUT2D eigenvalue weighted by Gasteiger charge is -2.38. The fourth-order valence-electron chi connectivity index (χ4n) is 4.60. The Morgan fingerprint density at radius 3 is 2.45 bits per heavy atom. The molecule has 1 saturated carbocycles. The molecular formula is C23H35N5O3. The van der Waals surface area contributed by atoms with Crippen LogP contribution < -0.4 is 0 Å². The Morgan fingerprint density at radius 2 is 1.84 bits per heavy atom. The van der Waals surface area contributed by atoms with Crippen molar-refractivity contribution in [2.45, 2.75) is 65.5 Å². The first-order valence-electron chi connectivity index (χ1n) is 11.8. The highest BCUT2D eigenvalue weighted by Crippen LogP contribution is 2.31. The first kappa shape index (κ1) is 21.8. The van der Waals surface area contributed by atoms with E-state index in [-0.39, 0.29) is 23.8 Å². The second-order valence-electron chi connectivity index (χ2n) is 9.76. The predicted octanol–water partition coefficient (Wildman–Crippen LogP) is 2.25. The molecule has 1 saturated heterocycles. The number of piperidine rings is 1. The summed E-state index contributed by atoms with van der Waals surface area (Å²) in [6, 6.07) is 0.0997. The molecule has 1 aliphatic carbocycles. The molecule has 3 aliphatic rings. The third-order valence-electron chi connectivity index (χ3n) is 6.82. The van der Waals surface area contributed by atoms with Gasteiger partial charge >= 0.3 is 0 Å². The summed E-state index contributed by atoms with van der Waals surface area (Å²) in [5.41, 5.74) is 0.370. The quantitative estimate of drug-likeness (QED) is 0.666. The summed E-state index contributed by atoms with van der Waals surface area (Å²) in [5, 5.41) is 0. The molecular weight excluding hydrogens is 394 g/mol. The van der Waals surface area contributed by atoms with Gasteiger partial charge in [0.15, 0.2) is 5.82 Å². The van der Waals surface area contributed by atoms with Crippen LogP contribution in [0.1, 0.15) is 74.0 Å². The van der Waals surface area contributed by atoms with Crippen LogP contribution >= 0.6 is 0 Å². The summed E-state index contributed by atoms with van der Waals surface area (Å²) in [6.07, 6.45) is 6.65. The van der Waals surface area contributed by atoms with Crippen molar-refractivity contribution in [2.75, 3.05) is 32.7 Å². The highest BCUT2D eigenvalue weighted by Gasteiger charge is 2.35. The van der Waals surface area contributed by atoms with Gasteiger partial charge in [0.2, 0.25) is 5.91 Å². The topological polar surface area (TPSA) is 78.8 Å². The number of hydrogen-bond donors (Lipinski definition) is 0. The summed E-state index contributed by atoms with van der Waals surface area (Å²) in [6.45, 7) is 10.1. The van der Waals surface area contributed by atoms with Crippen molar-refractivity contribution < 1.29 is 14.4 Å². The number of amides is 3. The van der Waals surface area contributed by atoms with Crippen LogP contribution in [0.5, 0.6) is 0 Å². The molecule has 8 nitrogen and oxygen atoms in total. The molecule has 0 spiro atoms. The maximum absolute atomic E-state index is 13.5. The maximum Gasteiger partial charge on any atom is 0.289 e. The lowest BCUT2D eigenvalue weighted by molar-refractivity contribution is -0.130. The van der Waals surface area contributed by atoms with Crippen molar-refractivity contribution in [2.24, 2.45) is 11.8 Å². The van der Waals surface area contributed by atoms with Crippen LogP contribution in [0.4, 0.5) is 0 Å². The Labute approximate surface area is 184 Å². The Bertz CT molecular complexity index is 836. The number of hydrogen-bond acceptors (Lipinski definition) is 4. The molecule has 0 unspecified atom stereocenters. The number of fused-ring (bicyclic) bond motifs is 1. The maximum atomic E-state index is 13.5. The third-order valence-corrected chi connectivity index (χ3v) is 6.82. The molecule has 2 aliphatic heterocycles. The highest BCUT2D eigenvalue weighted by molar-refractivity contribution is 5.96. The minimum absolute atomic E-state index is 0.0549. The lowest BCUT2D eigenvalue weighted by atomic mass is 10.0. The van der Waals surface area contributed by atoms with Crippen LogP contribution in [0.3, 0.4) is 0 Å². The van der Waals surface area contributed by atoms with Crippen LogP contribution in [0.2, 0.25) is 0 Å². The molecule has 3 heterocycles. The zero-order valence-corrected chi connectivity index (χ0v) is 19.0. The molecule has 0 aromatic carbocycles. The zero-order chi connectivity index (χ0) is 22.1. The van der Waals surface area contributed by atoms with Gasteiger partial charge in [0.25, 0.3) is 11.8 Å². The monoisotopic (exact) mass is 429 g/mol. The van der Waals surface area contributed by atoms with Gasteiger partial charge in [0.05, 0.1) is 0 Å². The first-order valence-corrected chi connectivity index (χ1v) is 11.8. The van der Waals surface area contributed by atoms with Crippen molar-refractivity contribution in [3.8, 4) is 0 Å². The minimum Gasteiger partial charge on any atom is -0.343 e. The van der Waals surface area contributed by atoms with Gasteiger partial charge in [-0.25, -0.2) is 4.98 Å². The van der Waals surface area contributed by atoms with Gasteiger partial charge in [-0.2, -0.15) is 0 Å². The van der Waals surface area contributed by atoms with Crippen LogP contribution in [0, 0.1) is 11.8 Å². The van der Waals surface area contributed by atoms with Crippen LogP contribution in [-0.2, 0) is 11.3 Å². The Morgan fingerprint density at radius 1 is 1.13 bits per heavy atom. The van der Waals surface area contributed by atoms with E-state index in [4.69, 9.17) is 0 Å². The number of aromatic nitrogens is 2. The van der Waals surface area contributed by atoms with Crippen molar-refractivity contribution in [3.05, 3.63) is 17.7 Å². The van der Waals surface area contributed by atoms with E-state index < -0.39 is 0 Å². The van der Waals surface area contributed by atoms with Crippen LogP contribution in [-0.4, -0.2) is 80.7 Å². The number of nitrogens with zero attached hydrogens (tertiary/aromatic N) is 5. The van der Waals surface area contributed by atoms with E-state index in [0.29, 0.717) is 56.1 Å². The SMILES string of the molecule is CC(=O)N1CCC(N(CCC(C)C)C(=O)c2cn3c(n2)C(=O)N(CC2CC2)CC3)CC1. The Kier molecular flexibility index (Phi) is 6.34. The van der Waals surface area contributed by atoms with E-state index in [0.717, 1.165) is 25.8 Å². The molecule has 0 bridgehead atoms. The summed E-state index contributed by atoms with van der Waals surface area (Å²) < 4.78 is 1.85. The summed E-state index contributed by atoms with van der Waals surface area (Å²) >= 11 is 0. The summed E-state index contributed by atoms with van der Waals surface area (Å²) in [7, 11) is 0. The summed E-state index contributed by atoms with van der Waals surface area (Å²) in [4.78, 5) is 48.3. The fraction of sp³-hybridized carbons (Fsp3) is 0.739. The largest absolute Gasteiger partial charge is 0.343 e. The fourth-order valence-corrected chi connectivity index (χ4v) is 4.60. The van der Waals surface area contributed by atoms with Gasteiger partial charge in [-0.1, -0.05) is 13.8 Å². The molecule has 0 N–H and O–H groups in total. The molecule has 8 heteroatoms. The van der Waals surface area contributed by atoms with Gasteiger partial charge in [0, 0.05) is 58.4 Å². The predicted molar refractivity (Wildman–Crippen MR) is 117 cm³/mol. The number of imidazole rings is 1. The average molecular weight is 430 g/mol. The van der Waals surface area contributed by atoms with Gasteiger partial charge in [-0.3, -0.25) is 14.4 Å². The second kappa shape index (κ2) is 9.01. The first-order chi connectivity index (χ1) is 14.8. The standard InChI is InChI=1S/C23H35N5O3/c1-16(2)6-11-28(19-7-9-25(10-8-19)17(3)29)22(30)20-15-26-12-13-27(14-18-4-5-18)23(31)21(26)24-20/h15-16,18-19H,4-14H2,1-3H3. The number of carbonyl (C=O) groups is 3. The number of likely N-dealkylation sites (tertiary alicyclic amines) is 1. The van der Waals surface area contributed by atoms with Crippen molar-refractivity contribution in [3.63, 3.8) is 0 Å². The highest BCUT2D eigenvalue weighted by atomic mass is 16.2. The molecule has 0 radical (unpaired) electrons. The van der Waals surface area contributed by atoms with Crippen LogP contribution in [0.25, 0.3) is 0 Å². The zero-order valence-electron chi connectivity index (χ0n) is 19.0. The van der Waals surface area contributed by atoms with Gasteiger partial charge in [-0.15, -0.1) is 0 Å². The van der Waals surface area contributed by atoms with Gasteiger partial charge in [-0.05, 0) is 43.9 Å². The number of carbonyl (C=O) groups excluding carboxylic acids is 3. The normalized spacial score (nSPS) is 19.7. The Balaban J connectivity index is 1.49. The number of rotatable bonds is 7. The van der Waals surface area contributed by atoms with E-state index in [1.165, 1.54) is 12.8 Å². The molecule has 2 fully saturated rings. The van der Waals surface area contributed by atoms with Gasteiger partial charge in [0.1, 0.15) is 5.69 Å². The minimum atomic E-state index is -0.0923. The van der Waals surface area contributed by atoms with E-state index in [9.17, 15) is 14.4 Å². The average Bonchev–Trinajstić information content (AvgIpc) is 3.45. The second-order valence-corrected chi connectivity index (χ2v) is 9.76. The van der Waals surface area contributed by atoms with E-state index in [1.54, 1.807) is 13.1 Å².